The van der Waals surface area contributed by atoms with Gasteiger partial charge in [-0.05, 0) is 24.6 Å². The zero-order valence-electron chi connectivity index (χ0n) is 10.6. The van der Waals surface area contributed by atoms with Gasteiger partial charge in [0.25, 0.3) is 10.4 Å². The Bertz CT molecular complexity index is 203. The smallest absolute Gasteiger partial charge is 0.273 e. The van der Waals surface area contributed by atoms with Gasteiger partial charge in [0.2, 0.25) is 0 Å². The van der Waals surface area contributed by atoms with Crippen LogP contribution in [0.3, 0.4) is 0 Å². The van der Waals surface area contributed by atoms with Gasteiger partial charge in [0.05, 0.1) is 6.61 Å². The first-order valence-electron chi connectivity index (χ1n) is 5.34. The van der Waals surface area contributed by atoms with Crippen LogP contribution in [0.4, 0.5) is 4.79 Å². The molecule has 0 aromatic rings. The van der Waals surface area contributed by atoms with Crippen LogP contribution in [0.2, 0.25) is 0 Å². The van der Waals surface area contributed by atoms with E-state index in [0.717, 1.165) is 6.42 Å². The molecule has 1 amide bonds. The molecule has 0 aromatic heterocycles. The summed E-state index contributed by atoms with van der Waals surface area (Å²) < 4.78 is 5.10. The van der Waals surface area contributed by atoms with Crippen molar-refractivity contribution in [3.05, 3.63) is 0 Å². The fourth-order valence-electron chi connectivity index (χ4n) is 1.10. The minimum atomic E-state index is -0.639. The molecule has 7 heteroatoms. The molecule has 0 aliphatic carbocycles. The van der Waals surface area contributed by atoms with E-state index >= 15 is 0 Å². The minimum absolute atomic E-state index is 0. The third kappa shape index (κ3) is 26.0. The third-order valence-electron chi connectivity index (χ3n) is 2.00. The summed E-state index contributed by atoms with van der Waals surface area (Å²) in [6.07, 6.45) is 4.86. The molecular weight excluding hydrogens is 310 g/mol. The number of ether oxygens (including phenoxy) is 1. The Hall–Kier alpha value is 0.133. The summed E-state index contributed by atoms with van der Waals surface area (Å²) in [5.41, 5.74) is 9.57. The van der Waals surface area contributed by atoms with E-state index in [4.69, 9.17) is 15.3 Å². The van der Waals surface area contributed by atoms with Gasteiger partial charge >= 0.3 is 0 Å². The monoisotopic (exact) mass is 330 g/mol. The Labute approximate surface area is 127 Å². The molecule has 0 radical (unpaired) electrons. The molecular formula is C10H22N2O2S2Zn. The van der Waals surface area contributed by atoms with Crippen molar-refractivity contribution in [2.24, 2.45) is 17.4 Å². The standard InChI is InChI=1S/C9H19NOS.CH3NOS.Zn/c1-3-5-6-8(4-2)7-11-9(10)12;2-1(3)4;/h8H,3-7H2,1-2H3,(H2,10,12);(H3,2,3,4);. The van der Waals surface area contributed by atoms with Crippen molar-refractivity contribution in [2.75, 3.05) is 6.61 Å². The molecule has 4 N–H and O–H groups in total. The van der Waals surface area contributed by atoms with Crippen LogP contribution in [-0.2, 0) is 24.2 Å². The van der Waals surface area contributed by atoms with E-state index < -0.39 is 5.24 Å². The third-order valence-corrected chi connectivity index (χ3v) is 2.12. The first-order valence-corrected chi connectivity index (χ1v) is 6.20. The van der Waals surface area contributed by atoms with Gasteiger partial charge in [-0.1, -0.05) is 45.7 Å². The topological polar surface area (TPSA) is 78.3 Å². The van der Waals surface area contributed by atoms with Crippen LogP contribution in [0.15, 0.2) is 0 Å². The SMILES string of the molecule is CCCCC(CC)COC(N)=S.NC(=O)S.[Zn]. The molecule has 0 spiro atoms. The van der Waals surface area contributed by atoms with Gasteiger partial charge in [-0.15, -0.1) is 0 Å². The van der Waals surface area contributed by atoms with E-state index in [1.54, 1.807) is 0 Å². The maximum absolute atomic E-state index is 9.09. The number of thiol groups is 1. The van der Waals surface area contributed by atoms with Crippen molar-refractivity contribution < 1.29 is 29.0 Å². The summed E-state index contributed by atoms with van der Waals surface area (Å²) in [6, 6.07) is 0. The first kappa shape index (κ1) is 22.3. The van der Waals surface area contributed by atoms with Crippen molar-refractivity contribution in [3.63, 3.8) is 0 Å². The molecule has 1 unspecified atom stereocenters. The van der Waals surface area contributed by atoms with Crippen molar-refractivity contribution in [1.29, 1.82) is 0 Å². The number of hydrogen-bond donors (Lipinski definition) is 3. The average molecular weight is 332 g/mol. The van der Waals surface area contributed by atoms with Gasteiger partial charge in [0.1, 0.15) is 0 Å². The van der Waals surface area contributed by atoms with Gasteiger partial charge in [0.15, 0.2) is 0 Å². The second-order valence-electron chi connectivity index (χ2n) is 3.38. The van der Waals surface area contributed by atoms with Crippen LogP contribution in [-0.4, -0.2) is 17.0 Å². The molecule has 0 aliphatic rings. The summed E-state index contributed by atoms with van der Waals surface area (Å²) in [4.78, 5) is 9.09. The quantitative estimate of drug-likeness (QED) is 0.397. The number of primary amides is 1. The second-order valence-corrected chi connectivity index (χ2v) is 4.23. The van der Waals surface area contributed by atoms with Crippen LogP contribution in [0.5, 0.6) is 0 Å². The van der Waals surface area contributed by atoms with Crippen LogP contribution < -0.4 is 11.5 Å². The number of rotatable bonds is 6. The number of carbonyl (C=O) groups is 1. The van der Waals surface area contributed by atoms with E-state index in [-0.39, 0.29) is 24.7 Å². The molecule has 0 saturated heterocycles. The van der Waals surface area contributed by atoms with Gasteiger partial charge in [0, 0.05) is 19.5 Å². The molecule has 0 bridgehead atoms. The Morgan fingerprint density at radius 1 is 1.41 bits per heavy atom. The first-order chi connectivity index (χ1) is 7.43. The number of unbranched alkanes of at least 4 members (excludes halogenated alkanes) is 1. The molecule has 17 heavy (non-hydrogen) atoms. The number of thiocarbonyl (C=S) groups is 1. The van der Waals surface area contributed by atoms with Gasteiger partial charge in [-0.3, -0.25) is 4.79 Å². The van der Waals surface area contributed by atoms with Crippen molar-refractivity contribution in [3.8, 4) is 0 Å². The van der Waals surface area contributed by atoms with Crippen LogP contribution in [0.1, 0.15) is 39.5 Å². The molecule has 0 heterocycles. The zero-order valence-corrected chi connectivity index (χ0v) is 15.3. The number of amides is 1. The zero-order chi connectivity index (χ0) is 13.0. The van der Waals surface area contributed by atoms with Crippen molar-refractivity contribution in [1.82, 2.24) is 0 Å². The van der Waals surface area contributed by atoms with E-state index in [1.165, 1.54) is 19.3 Å². The molecule has 0 rings (SSSR count). The molecule has 0 aliphatic heterocycles. The van der Waals surface area contributed by atoms with Gasteiger partial charge < -0.3 is 16.2 Å². The average Bonchev–Trinajstić information content (AvgIpc) is 2.17. The fraction of sp³-hybridized carbons (Fsp3) is 0.800. The van der Waals surface area contributed by atoms with E-state index in [9.17, 15) is 0 Å². The predicted molar refractivity (Wildman–Crippen MR) is 74.6 cm³/mol. The van der Waals surface area contributed by atoms with Gasteiger partial charge in [-0.25, -0.2) is 0 Å². The number of nitrogens with two attached hydrogens (primary N) is 2. The summed E-state index contributed by atoms with van der Waals surface area (Å²) >= 11 is 7.73. The molecule has 1 atom stereocenters. The normalized spacial score (nSPS) is 10.3. The Kier molecular flexibility index (Phi) is 21.2. The Morgan fingerprint density at radius 3 is 2.18 bits per heavy atom. The molecule has 98 valence electrons. The number of hydrogen-bond acceptors (Lipinski definition) is 3. The van der Waals surface area contributed by atoms with Gasteiger partial charge in [-0.2, -0.15) is 0 Å². The maximum Gasteiger partial charge on any atom is 0.273 e. The second kappa shape index (κ2) is 16.1. The van der Waals surface area contributed by atoms with Crippen LogP contribution >= 0.6 is 24.8 Å². The van der Waals surface area contributed by atoms with Crippen LogP contribution in [0, 0.1) is 5.92 Å². The predicted octanol–water partition coefficient (Wildman–Crippen LogP) is 2.46. The molecule has 0 fully saturated rings. The summed E-state index contributed by atoms with van der Waals surface area (Å²) in [5.74, 6) is 0.617. The van der Waals surface area contributed by atoms with Crippen LogP contribution in [0.25, 0.3) is 0 Å². The minimum Gasteiger partial charge on any atom is -0.471 e. The Morgan fingerprint density at radius 2 is 1.88 bits per heavy atom. The number of carbonyl (C=O) groups excluding carboxylic acids is 1. The Balaban J connectivity index is -0.000000340. The summed E-state index contributed by atoms with van der Waals surface area (Å²) in [6.45, 7) is 5.05. The largest absolute Gasteiger partial charge is 0.471 e. The van der Waals surface area contributed by atoms with E-state index in [1.807, 2.05) is 0 Å². The molecule has 4 nitrogen and oxygen atoms in total. The maximum atomic E-state index is 9.09. The van der Waals surface area contributed by atoms with E-state index in [0.29, 0.717) is 12.5 Å². The molecule has 0 saturated carbocycles. The summed E-state index contributed by atoms with van der Waals surface area (Å²) in [5, 5.41) is -0.468. The fourth-order valence-corrected chi connectivity index (χ4v) is 1.17. The summed E-state index contributed by atoms with van der Waals surface area (Å²) in [7, 11) is 0. The van der Waals surface area contributed by atoms with E-state index in [2.05, 4.69) is 44.4 Å². The molecule has 0 aromatic carbocycles. The van der Waals surface area contributed by atoms with Crippen molar-refractivity contribution >= 4 is 35.3 Å². The van der Waals surface area contributed by atoms with Crippen molar-refractivity contribution in [2.45, 2.75) is 39.5 Å².